The predicted molar refractivity (Wildman–Crippen MR) is 131 cm³/mol. The van der Waals surface area contributed by atoms with E-state index in [9.17, 15) is 4.79 Å². The predicted octanol–water partition coefficient (Wildman–Crippen LogP) is 5.90. The van der Waals surface area contributed by atoms with Crippen LogP contribution in [0, 0.1) is 13.8 Å². The largest absolute Gasteiger partial charge is 0.495 e. The summed E-state index contributed by atoms with van der Waals surface area (Å²) < 4.78 is 11.0. The second-order valence-corrected chi connectivity index (χ2v) is 8.15. The fourth-order valence-electron chi connectivity index (χ4n) is 3.37. The van der Waals surface area contributed by atoms with Gasteiger partial charge in [0.1, 0.15) is 11.3 Å². The maximum atomic E-state index is 12.5. The van der Waals surface area contributed by atoms with Crippen LogP contribution in [-0.4, -0.2) is 23.1 Å². The van der Waals surface area contributed by atoms with Gasteiger partial charge in [-0.3, -0.25) is 10.1 Å². The van der Waals surface area contributed by atoms with Gasteiger partial charge in [-0.25, -0.2) is 4.98 Å². The number of methoxy groups -OCH3 is 1. The molecule has 162 valence electrons. The fraction of sp³-hybridized carbons (Fsp3) is 0.125. The summed E-state index contributed by atoms with van der Waals surface area (Å²) in [4.78, 5) is 17.1. The van der Waals surface area contributed by atoms with Crippen molar-refractivity contribution in [1.29, 1.82) is 0 Å². The van der Waals surface area contributed by atoms with Gasteiger partial charge in [-0.05, 0) is 74.6 Å². The molecule has 1 amide bonds. The molecule has 1 heterocycles. The third-order valence-corrected chi connectivity index (χ3v) is 5.25. The molecule has 0 bridgehead atoms. The number of nitrogens with one attached hydrogen (secondary N) is 2. The number of fused-ring (bicyclic) bond motifs is 1. The lowest BCUT2D eigenvalue weighted by molar-refractivity contribution is 0.0977. The first-order valence-electron chi connectivity index (χ1n) is 9.77. The Hall–Kier alpha value is -3.42. The molecule has 4 rings (SSSR count). The SMILES string of the molecule is COc1ccc(C(=O)NC(=S)Nc2ccc3oc(-c4cc(C)cc(C)c4)nc3c2)cc1Cl. The van der Waals surface area contributed by atoms with E-state index in [2.05, 4.69) is 21.7 Å². The van der Waals surface area contributed by atoms with Crippen molar-refractivity contribution in [3.8, 4) is 17.2 Å². The molecule has 0 saturated heterocycles. The first-order chi connectivity index (χ1) is 15.3. The van der Waals surface area contributed by atoms with Gasteiger partial charge in [0.25, 0.3) is 5.91 Å². The molecule has 4 aromatic rings. The molecule has 0 radical (unpaired) electrons. The summed E-state index contributed by atoms with van der Waals surface area (Å²) in [6.07, 6.45) is 0. The maximum Gasteiger partial charge on any atom is 0.257 e. The number of nitrogens with zero attached hydrogens (tertiary/aromatic N) is 1. The van der Waals surface area contributed by atoms with Crippen LogP contribution >= 0.6 is 23.8 Å². The molecule has 2 N–H and O–H groups in total. The fourth-order valence-corrected chi connectivity index (χ4v) is 3.84. The number of hydrogen-bond donors (Lipinski definition) is 2. The number of halogens is 1. The number of thiocarbonyl (C=S) groups is 1. The van der Waals surface area contributed by atoms with E-state index >= 15 is 0 Å². The summed E-state index contributed by atoms with van der Waals surface area (Å²) in [5, 5.41) is 6.13. The Morgan fingerprint density at radius 1 is 1.06 bits per heavy atom. The Labute approximate surface area is 195 Å². The number of ether oxygens (including phenoxy) is 1. The highest BCUT2D eigenvalue weighted by atomic mass is 35.5. The number of aromatic nitrogens is 1. The van der Waals surface area contributed by atoms with E-state index in [0.29, 0.717) is 39.0 Å². The number of aryl methyl sites for hydroxylation is 2. The highest BCUT2D eigenvalue weighted by Gasteiger charge is 2.13. The van der Waals surface area contributed by atoms with Crippen molar-refractivity contribution < 1.29 is 13.9 Å². The smallest absolute Gasteiger partial charge is 0.257 e. The molecule has 8 heteroatoms. The summed E-state index contributed by atoms with van der Waals surface area (Å²) in [6, 6.07) is 16.4. The van der Waals surface area contributed by atoms with Gasteiger partial charge >= 0.3 is 0 Å². The van der Waals surface area contributed by atoms with E-state index in [1.54, 1.807) is 12.1 Å². The zero-order valence-corrected chi connectivity index (χ0v) is 19.2. The topological polar surface area (TPSA) is 76.4 Å². The van der Waals surface area contributed by atoms with Crippen molar-refractivity contribution >= 4 is 51.6 Å². The second kappa shape index (κ2) is 8.98. The number of benzene rings is 3. The highest BCUT2D eigenvalue weighted by molar-refractivity contribution is 7.80. The molecular formula is C24H20ClN3O3S. The number of oxazole rings is 1. The lowest BCUT2D eigenvalue weighted by atomic mass is 10.1. The summed E-state index contributed by atoms with van der Waals surface area (Å²) in [6.45, 7) is 4.08. The van der Waals surface area contributed by atoms with Crippen molar-refractivity contribution in [3.05, 3.63) is 76.3 Å². The zero-order chi connectivity index (χ0) is 22.8. The summed E-state index contributed by atoms with van der Waals surface area (Å²) in [7, 11) is 1.51. The van der Waals surface area contributed by atoms with Gasteiger partial charge in [0.05, 0.1) is 12.1 Å². The number of carbonyl (C=O) groups is 1. The maximum absolute atomic E-state index is 12.5. The van der Waals surface area contributed by atoms with Crippen LogP contribution in [0.15, 0.2) is 59.0 Å². The summed E-state index contributed by atoms with van der Waals surface area (Å²) >= 11 is 11.4. The molecule has 0 aliphatic carbocycles. The van der Waals surface area contributed by atoms with Gasteiger partial charge < -0.3 is 14.5 Å². The van der Waals surface area contributed by atoms with Crippen LogP contribution in [0.4, 0.5) is 5.69 Å². The first-order valence-corrected chi connectivity index (χ1v) is 10.6. The van der Waals surface area contributed by atoms with E-state index in [-0.39, 0.29) is 11.0 Å². The molecule has 0 atom stereocenters. The summed E-state index contributed by atoms with van der Waals surface area (Å²) in [5.41, 5.74) is 5.59. The van der Waals surface area contributed by atoms with E-state index in [1.165, 1.54) is 13.2 Å². The van der Waals surface area contributed by atoms with Crippen molar-refractivity contribution in [2.75, 3.05) is 12.4 Å². The average molecular weight is 466 g/mol. The number of amides is 1. The van der Waals surface area contributed by atoms with Crippen molar-refractivity contribution in [2.24, 2.45) is 0 Å². The zero-order valence-electron chi connectivity index (χ0n) is 17.7. The van der Waals surface area contributed by atoms with Gasteiger partial charge in [0.15, 0.2) is 10.7 Å². The minimum atomic E-state index is -0.383. The third-order valence-electron chi connectivity index (χ3n) is 4.76. The molecule has 6 nitrogen and oxygen atoms in total. The molecule has 0 saturated carbocycles. The van der Waals surface area contributed by atoms with Gasteiger partial charge in [0.2, 0.25) is 5.89 Å². The van der Waals surface area contributed by atoms with Crippen LogP contribution in [0.2, 0.25) is 5.02 Å². The van der Waals surface area contributed by atoms with E-state index in [4.69, 9.17) is 33.0 Å². The Bertz CT molecular complexity index is 1330. The molecule has 0 aliphatic rings. The Kier molecular flexibility index (Phi) is 6.12. The van der Waals surface area contributed by atoms with E-state index in [0.717, 1.165) is 16.7 Å². The molecule has 0 fully saturated rings. The average Bonchev–Trinajstić information content (AvgIpc) is 3.16. The van der Waals surface area contributed by atoms with Crippen LogP contribution < -0.4 is 15.4 Å². The third kappa shape index (κ3) is 4.74. The normalized spacial score (nSPS) is 10.8. The monoisotopic (exact) mass is 465 g/mol. The van der Waals surface area contributed by atoms with E-state index < -0.39 is 0 Å². The van der Waals surface area contributed by atoms with Crippen LogP contribution in [-0.2, 0) is 0 Å². The van der Waals surface area contributed by atoms with Gasteiger partial charge in [-0.15, -0.1) is 0 Å². The molecule has 32 heavy (non-hydrogen) atoms. The number of hydrogen-bond acceptors (Lipinski definition) is 5. The second-order valence-electron chi connectivity index (χ2n) is 7.34. The number of rotatable bonds is 4. The van der Waals surface area contributed by atoms with Gasteiger partial charge in [-0.1, -0.05) is 28.8 Å². The summed E-state index contributed by atoms with van der Waals surface area (Å²) in [5.74, 6) is 0.660. The van der Waals surface area contributed by atoms with Crippen molar-refractivity contribution in [3.63, 3.8) is 0 Å². The highest BCUT2D eigenvalue weighted by Crippen LogP contribution is 2.28. The molecule has 0 spiro atoms. The quantitative estimate of drug-likeness (QED) is 0.365. The van der Waals surface area contributed by atoms with Gasteiger partial charge in [-0.2, -0.15) is 0 Å². The Morgan fingerprint density at radius 3 is 2.50 bits per heavy atom. The van der Waals surface area contributed by atoms with Crippen LogP contribution in [0.5, 0.6) is 5.75 Å². The molecule has 0 aliphatic heterocycles. The first kappa shape index (κ1) is 21.8. The van der Waals surface area contributed by atoms with Crippen molar-refractivity contribution in [1.82, 2.24) is 10.3 Å². The molecule has 1 aromatic heterocycles. The van der Waals surface area contributed by atoms with E-state index in [1.807, 2.05) is 44.2 Å². The van der Waals surface area contributed by atoms with Crippen LogP contribution in [0.3, 0.4) is 0 Å². The molecular weight excluding hydrogens is 446 g/mol. The minimum absolute atomic E-state index is 0.152. The Balaban J connectivity index is 1.48. The minimum Gasteiger partial charge on any atom is -0.495 e. The molecule has 0 unspecified atom stereocenters. The van der Waals surface area contributed by atoms with Crippen molar-refractivity contribution in [2.45, 2.75) is 13.8 Å². The lowest BCUT2D eigenvalue weighted by Gasteiger charge is -2.10. The van der Waals surface area contributed by atoms with Gasteiger partial charge in [0, 0.05) is 16.8 Å². The van der Waals surface area contributed by atoms with Crippen LogP contribution in [0.25, 0.3) is 22.6 Å². The lowest BCUT2D eigenvalue weighted by Crippen LogP contribution is -2.34. The Morgan fingerprint density at radius 2 is 1.81 bits per heavy atom. The molecule has 3 aromatic carbocycles. The number of carbonyl (C=O) groups excluding carboxylic acids is 1. The number of anilines is 1. The van der Waals surface area contributed by atoms with Crippen LogP contribution in [0.1, 0.15) is 21.5 Å². The standard InChI is InChI=1S/C24H20ClN3O3S/c1-13-8-14(2)10-16(9-13)23-27-19-12-17(5-7-21(19)31-23)26-24(32)28-22(29)15-4-6-20(30-3)18(25)11-15/h4-12H,1-3H3,(H2,26,28,29,32).